The van der Waals surface area contributed by atoms with Crippen LogP contribution in [-0.2, 0) is 15.4 Å². The monoisotopic (exact) mass is 595 g/mol. The standard InChI is InChI=1S/C29H30FN5O6S/c1-16-5-8-23(21(13-16)39-4)42(37,38)34-25(27-32-33-28(36)41-27)29(9-10-29)24-17(2)19(6-7-20(24)30)18-14-22-26(31-15-18)35(3)11-12-40-22/h5-8,13-15,25,34H,9-12H2,1-4H3,(H,33,36)/t25-/m1/s1. The first-order valence-corrected chi connectivity index (χ1v) is 14.9. The van der Waals surface area contributed by atoms with Crippen molar-refractivity contribution in [3.63, 3.8) is 0 Å². The summed E-state index contributed by atoms with van der Waals surface area (Å²) in [7, 11) is -0.941. The zero-order chi connectivity index (χ0) is 29.8. The molecule has 220 valence electrons. The molecular weight excluding hydrogens is 565 g/mol. The van der Waals surface area contributed by atoms with Crippen LogP contribution < -0.4 is 24.9 Å². The summed E-state index contributed by atoms with van der Waals surface area (Å²) in [6.07, 6.45) is 2.54. The second kappa shape index (κ2) is 10.2. The average molecular weight is 596 g/mol. The third-order valence-electron chi connectivity index (χ3n) is 8.03. The fourth-order valence-electron chi connectivity index (χ4n) is 5.78. The Morgan fingerprint density at radius 1 is 1.19 bits per heavy atom. The van der Waals surface area contributed by atoms with Crippen molar-refractivity contribution in [2.75, 3.05) is 32.2 Å². The molecule has 4 aromatic rings. The summed E-state index contributed by atoms with van der Waals surface area (Å²) >= 11 is 0. The van der Waals surface area contributed by atoms with E-state index >= 15 is 4.39 Å². The van der Waals surface area contributed by atoms with Gasteiger partial charge in [-0.2, -0.15) is 4.72 Å². The summed E-state index contributed by atoms with van der Waals surface area (Å²) in [6, 6.07) is 8.39. The number of sulfonamides is 1. The number of likely N-dealkylation sites (N-methyl/N-ethyl adjacent to an activating group) is 1. The van der Waals surface area contributed by atoms with Gasteiger partial charge >= 0.3 is 5.76 Å². The van der Waals surface area contributed by atoms with Crippen molar-refractivity contribution < 1.29 is 26.7 Å². The summed E-state index contributed by atoms with van der Waals surface area (Å²) in [4.78, 5) is 18.5. The minimum atomic E-state index is -4.26. The number of benzene rings is 2. The lowest BCUT2D eigenvalue weighted by atomic mass is 9.82. The number of halogens is 1. The Labute approximate surface area is 241 Å². The quantitative estimate of drug-likeness (QED) is 0.312. The second-order valence-corrected chi connectivity index (χ2v) is 12.4. The lowest BCUT2D eigenvalue weighted by molar-refractivity contribution is 0.309. The highest BCUT2D eigenvalue weighted by molar-refractivity contribution is 7.89. The number of nitrogens with zero attached hydrogens (tertiary/aromatic N) is 3. The van der Waals surface area contributed by atoms with Crippen molar-refractivity contribution in [2.45, 2.75) is 43.0 Å². The van der Waals surface area contributed by atoms with E-state index in [4.69, 9.17) is 13.9 Å². The molecule has 1 atom stereocenters. The van der Waals surface area contributed by atoms with Crippen molar-refractivity contribution in [1.29, 1.82) is 0 Å². The number of pyridine rings is 1. The normalized spacial score (nSPS) is 16.5. The van der Waals surface area contributed by atoms with Gasteiger partial charge in [0, 0.05) is 24.2 Å². The van der Waals surface area contributed by atoms with Crippen LogP contribution in [0.15, 0.2) is 56.7 Å². The van der Waals surface area contributed by atoms with Crippen LogP contribution in [0.2, 0.25) is 0 Å². The van der Waals surface area contributed by atoms with Crippen molar-refractivity contribution in [1.82, 2.24) is 19.9 Å². The van der Waals surface area contributed by atoms with Gasteiger partial charge in [0.05, 0.1) is 13.7 Å². The van der Waals surface area contributed by atoms with Gasteiger partial charge in [-0.05, 0) is 73.2 Å². The molecule has 0 bridgehead atoms. The van der Waals surface area contributed by atoms with E-state index in [1.165, 1.54) is 19.2 Å². The first kappa shape index (κ1) is 27.9. The molecule has 0 spiro atoms. The van der Waals surface area contributed by atoms with Gasteiger partial charge in [-0.1, -0.05) is 12.1 Å². The first-order chi connectivity index (χ1) is 20.0. The number of methoxy groups -OCH3 is 1. The molecule has 1 aliphatic heterocycles. The summed E-state index contributed by atoms with van der Waals surface area (Å²) in [5.41, 5.74) is 2.08. The highest BCUT2D eigenvalue weighted by Gasteiger charge is 2.57. The SMILES string of the molecule is COc1cc(C)ccc1S(=O)(=O)N[C@H](c1n[nH]c(=O)o1)C1(c2c(F)ccc(-c3cnc4c(c3)OCCN4C)c2C)CC1. The minimum absolute atomic E-state index is 0.106. The highest BCUT2D eigenvalue weighted by Crippen LogP contribution is 2.59. The van der Waals surface area contributed by atoms with Gasteiger partial charge in [0.15, 0.2) is 11.6 Å². The van der Waals surface area contributed by atoms with Crippen molar-refractivity contribution in [3.8, 4) is 22.6 Å². The third-order valence-corrected chi connectivity index (χ3v) is 9.49. The lowest BCUT2D eigenvalue weighted by Crippen LogP contribution is -2.38. The number of aryl methyl sites for hydroxylation is 1. The molecule has 1 saturated carbocycles. The topological polar surface area (TPSA) is 140 Å². The number of ether oxygens (including phenoxy) is 2. The Bertz CT molecular complexity index is 1850. The van der Waals surface area contributed by atoms with Crippen LogP contribution in [0.1, 0.15) is 41.5 Å². The van der Waals surface area contributed by atoms with Crippen LogP contribution in [0.3, 0.4) is 0 Å². The van der Waals surface area contributed by atoms with Crippen molar-refractivity contribution in [3.05, 3.63) is 81.5 Å². The van der Waals surface area contributed by atoms with Crippen molar-refractivity contribution in [2.24, 2.45) is 0 Å². The van der Waals surface area contributed by atoms with Crippen LogP contribution >= 0.6 is 0 Å². The first-order valence-electron chi connectivity index (χ1n) is 13.4. The molecule has 13 heteroatoms. The molecule has 0 radical (unpaired) electrons. The molecule has 2 aliphatic rings. The minimum Gasteiger partial charge on any atom is -0.495 e. The van der Waals surface area contributed by atoms with Crippen LogP contribution in [0, 0.1) is 19.7 Å². The Hall–Kier alpha value is -4.23. The van der Waals surface area contributed by atoms with E-state index in [-0.39, 0.29) is 16.5 Å². The van der Waals surface area contributed by atoms with E-state index in [0.717, 1.165) is 29.1 Å². The lowest BCUT2D eigenvalue weighted by Gasteiger charge is -2.29. The highest BCUT2D eigenvalue weighted by atomic mass is 32.2. The smallest absolute Gasteiger partial charge is 0.434 e. The molecule has 42 heavy (non-hydrogen) atoms. The number of nitrogens with one attached hydrogen (secondary N) is 2. The van der Waals surface area contributed by atoms with Crippen LogP contribution in [0.5, 0.6) is 11.5 Å². The Kier molecular flexibility index (Phi) is 6.81. The molecule has 6 rings (SSSR count). The zero-order valence-electron chi connectivity index (χ0n) is 23.5. The number of anilines is 1. The third kappa shape index (κ3) is 4.71. The van der Waals surface area contributed by atoms with Gasteiger partial charge < -0.3 is 18.8 Å². The molecule has 11 nitrogen and oxygen atoms in total. The van der Waals surface area contributed by atoms with Gasteiger partial charge in [0.2, 0.25) is 15.9 Å². The molecule has 3 heterocycles. The maximum Gasteiger partial charge on any atom is 0.434 e. The number of rotatable bonds is 8. The molecule has 2 aromatic heterocycles. The molecule has 0 amide bonds. The van der Waals surface area contributed by atoms with Crippen molar-refractivity contribution >= 4 is 15.8 Å². The molecule has 1 aliphatic carbocycles. The molecule has 1 fully saturated rings. The largest absolute Gasteiger partial charge is 0.495 e. The zero-order valence-corrected chi connectivity index (χ0v) is 24.3. The van der Waals surface area contributed by atoms with E-state index in [0.29, 0.717) is 36.3 Å². The Morgan fingerprint density at radius 2 is 1.98 bits per heavy atom. The fourth-order valence-corrected chi connectivity index (χ4v) is 7.19. The number of aromatic amines is 1. The van der Waals surface area contributed by atoms with Gasteiger partial charge in [-0.15, -0.1) is 5.10 Å². The number of aromatic nitrogens is 3. The molecule has 2 N–H and O–H groups in total. The maximum atomic E-state index is 15.8. The van der Waals surface area contributed by atoms with Crippen LogP contribution in [0.4, 0.5) is 10.2 Å². The predicted molar refractivity (Wildman–Crippen MR) is 152 cm³/mol. The predicted octanol–water partition coefficient (Wildman–Crippen LogP) is 3.77. The Balaban J connectivity index is 1.46. The molecule has 2 aromatic carbocycles. The van der Waals surface area contributed by atoms with Gasteiger partial charge in [0.1, 0.15) is 29.1 Å². The maximum absolute atomic E-state index is 15.8. The van der Waals surface area contributed by atoms with Crippen LogP contribution in [0.25, 0.3) is 11.1 Å². The van der Waals surface area contributed by atoms with Gasteiger partial charge in [-0.25, -0.2) is 27.7 Å². The number of fused-ring (bicyclic) bond motifs is 1. The number of H-pyrrole nitrogens is 1. The van der Waals surface area contributed by atoms with Crippen LogP contribution in [-0.4, -0.2) is 50.9 Å². The summed E-state index contributed by atoms with van der Waals surface area (Å²) < 4.78 is 62.5. The molecular formula is C29H30FN5O6S. The van der Waals surface area contributed by atoms with E-state index in [2.05, 4.69) is 19.9 Å². The fraction of sp³-hybridized carbons (Fsp3) is 0.345. The summed E-state index contributed by atoms with van der Waals surface area (Å²) in [6.45, 7) is 4.84. The van der Waals surface area contributed by atoms with E-state index in [9.17, 15) is 13.2 Å². The summed E-state index contributed by atoms with van der Waals surface area (Å²) in [5, 5.41) is 6.17. The number of hydrogen-bond acceptors (Lipinski definition) is 9. The van der Waals surface area contributed by atoms with E-state index in [1.807, 2.05) is 24.9 Å². The average Bonchev–Trinajstić information content (AvgIpc) is 3.63. The van der Waals surface area contributed by atoms with Gasteiger partial charge in [-0.3, -0.25) is 0 Å². The van der Waals surface area contributed by atoms with E-state index < -0.39 is 33.1 Å². The Morgan fingerprint density at radius 3 is 2.67 bits per heavy atom. The summed E-state index contributed by atoms with van der Waals surface area (Å²) in [5.74, 6) is -0.0589. The van der Waals surface area contributed by atoms with Gasteiger partial charge in [0.25, 0.3) is 0 Å². The second-order valence-electron chi connectivity index (χ2n) is 10.7. The number of hydrogen-bond donors (Lipinski definition) is 2. The molecule has 0 saturated heterocycles. The van der Waals surface area contributed by atoms with E-state index in [1.54, 1.807) is 31.3 Å². The molecule has 0 unspecified atom stereocenters.